The van der Waals surface area contributed by atoms with Gasteiger partial charge in [0.05, 0.1) is 17.6 Å². The molecule has 0 atom stereocenters. The minimum atomic E-state index is -3.97. The van der Waals surface area contributed by atoms with Crippen LogP contribution in [0, 0.1) is 13.8 Å². The number of primary amides is 1. The molecule has 0 aliphatic rings. The second-order valence-electron chi connectivity index (χ2n) is 8.24. The number of rotatable bonds is 9. The van der Waals surface area contributed by atoms with Gasteiger partial charge in [-0.1, -0.05) is 17.7 Å². The van der Waals surface area contributed by atoms with E-state index < -0.39 is 15.9 Å². The van der Waals surface area contributed by atoms with Crippen molar-refractivity contribution in [3.05, 3.63) is 89.6 Å². The van der Waals surface area contributed by atoms with Crippen molar-refractivity contribution in [2.45, 2.75) is 18.7 Å². The highest BCUT2D eigenvalue weighted by atomic mass is 32.2. The van der Waals surface area contributed by atoms with Crippen molar-refractivity contribution >= 4 is 44.8 Å². The molecule has 37 heavy (non-hydrogen) atoms. The number of carbonyl (C=O) groups excluding carboxylic acids is 1. The highest BCUT2D eigenvalue weighted by Crippen LogP contribution is 2.25. The van der Waals surface area contributed by atoms with Crippen LogP contribution in [0.3, 0.4) is 0 Å². The van der Waals surface area contributed by atoms with Gasteiger partial charge in [-0.15, -0.1) is 0 Å². The van der Waals surface area contributed by atoms with Gasteiger partial charge in [0.25, 0.3) is 15.9 Å². The van der Waals surface area contributed by atoms with E-state index in [1.807, 2.05) is 38.1 Å². The van der Waals surface area contributed by atoms with Crippen LogP contribution in [-0.2, 0) is 10.0 Å². The number of hydrogen-bond donors (Lipinski definition) is 4. The summed E-state index contributed by atoms with van der Waals surface area (Å²) in [6, 6.07) is 20.2. The minimum absolute atomic E-state index is 0.0266. The third-order valence-electron chi connectivity index (χ3n) is 5.32. The SMILES string of the molecule is COc1ccc(S(=O)(=O)Nc2ccc(Nc3cc(C)nc(Nc4ccc(C)cc4)n3)cc2)cc1C(N)=O. The standard InChI is InChI=1S/C26H26N6O4S/c1-16-4-6-19(7-5-16)30-26-28-17(2)14-24(31-26)29-18-8-10-20(11-9-18)32-37(34,35)21-12-13-23(36-3)22(15-21)25(27)33/h4-15,32H,1-3H3,(H2,27,33)(H2,28,29,30,31). The van der Waals surface area contributed by atoms with Gasteiger partial charge in [0.15, 0.2) is 0 Å². The first-order chi connectivity index (χ1) is 17.6. The van der Waals surface area contributed by atoms with E-state index in [1.54, 1.807) is 30.3 Å². The van der Waals surface area contributed by atoms with Gasteiger partial charge in [-0.05, 0) is 68.4 Å². The molecular weight excluding hydrogens is 492 g/mol. The molecule has 5 N–H and O–H groups in total. The third kappa shape index (κ3) is 6.33. The average molecular weight is 519 g/mol. The topological polar surface area (TPSA) is 148 Å². The lowest BCUT2D eigenvalue weighted by atomic mass is 10.2. The quantitative estimate of drug-likeness (QED) is 0.253. The summed E-state index contributed by atoms with van der Waals surface area (Å²) in [6.07, 6.45) is 0. The first-order valence-corrected chi connectivity index (χ1v) is 12.7. The lowest BCUT2D eigenvalue weighted by molar-refractivity contribution is 0.0997. The molecule has 0 radical (unpaired) electrons. The number of sulfonamides is 1. The summed E-state index contributed by atoms with van der Waals surface area (Å²) in [5, 5.41) is 6.39. The minimum Gasteiger partial charge on any atom is -0.496 e. The number of methoxy groups -OCH3 is 1. The van der Waals surface area contributed by atoms with Gasteiger partial charge in [0, 0.05) is 28.8 Å². The summed E-state index contributed by atoms with van der Waals surface area (Å²) < 4.78 is 33.3. The van der Waals surface area contributed by atoms with Crippen LogP contribution in [0.25, 0.3) is 0 Å². The van der Waals surface area contributed by atoms with E-state index in [4.69, 9.17) is 10.5 Å². The zero-order chi connectivity index (χ0) is 26.6. The Bertz CT molecular complexity index is 1540. The fourth-order valence-electron chi connectivity index (χ4n) is 3.48. The summed E-state index contributed by atoms with van der Waals surface area (Å²) in [4.78, 5) is 20.5. The number of anilines is 5. The Balaban J connectivity index is 1.47. The summed E-state index contributed by atoms with van der Waals surface area (Å²) >= 11 is 0. The molecule has 1 heterocycles. The Labute approximate surface area is 215 Å². The van der Waals surface area contributed by atoms with Crippen LogP contribution < -0.4 is 25.8 Å². The molecule has 11 heteroatoms. The van der Waals surface area contributed by atoms with Crippen LogP contribution >= 0.6 is 0 Å². The molecule has 1 amide bonds. The maximum Gasteiger partial charge on any atom is 0.261 e. The molecule has 10 nitrogen and oxygen atoms in total. The number of nitrogens with zero attached hydrogens (tertiary/aromatic N) is 2. The molecular formula is C26H26N6O4S. The van der Waals surface area contributed by atoms with E-state index in [-0.39, 0.29) is 16.2 Å². The van der Waals surface area contributed by atoms with Gasteiger partial charge < -0.3 is 21.1 Å². The molecule has 0 saturated carbocycles. The van der Waals surface area contributed by atoms with E-state index in [0.29, 0.717) is 23.1 Å². The normalized spacial score (nSPS) is 11.0. The number of nitrogens with one attached hydrogen (secondary N) is 3. The highest BCUT2D eigenvalue weighted by Gasteiger charge is 2.19. The van der Waals surface area contributed by atoms with Gasteiger partial charge in [-0.3, -0.25) is 9.52 Å². The second-order valence-corrected chi connectivity index (χ2v) is 9.93. The van der Waals surface area contributed by atoms with E-state index in [1.165, 1.54) is 25.3 Å². The maximum absolute atomic E-state index is 12.9. The van der Waals surface area contributed by atoms with E-state index in [9.17, 15) is 13.2 Å². The van der Waals surface area contributed by atoms with E-state index in [2.05, 4.69) is 25.3 Å². The molecule has 3 aromatic carbocycles. The van der Waals surface area contributed by atoms with Crippen LogP contribution in [0.15, 0.2) is 77.7 Å². The number of nitrogens with two attached hydrogens (primary N) is 1. The van der Waals surface area contributed by atoms with Crippen LogP contribution in [0.2, 0.25) is 0 Å². The highest BCUT2D eigenvalue weighted by molar-refractivity contribution is 7.92. The predicted octanol–water partition coefficient (Wildman–Crippen LogP) is 4.49. The lowest BCUT2D eigenvalue weighted by Gasteiger charge is -2.12. The predicted molar refractivity (Wildman–Crippen MR) is 143 cm³/mol. The van der Waals surface area contributed by atoms with Gasteiger partial charge in [0.1, 0.15) is 11.6 Å². The van der Waals surface area contributed by atoms with Gasteiger partial charge in [-0.25, -0.2) is 13.4 Å². The Morgan fingerprint density at radius 1 is 0.838 bits per heavy atom. The molecule has 190 valence electrons. The molecule has 1 aromatic heterocycles. The first-order valence-electron chi connectivity index (χ1n) is 11.2. The van der Waals surface area contributed by atoms with E-state index in [0.717, 1.165) is 16.9 Å². The number of hydrogen-bond acceptors (Lipinski definition) is 8. The van der Waals surface area contributed by atoms with Gasteiger partial charge >= 0.3 is 0 Å². The summed E-state index contributed by atoms with van der Waals surface area (Å²) in [7, 11) is -2.60. The van der Waals surface area contributed by atoms with Gasteiger partial charge in [0.2, 0.25) is 5.95 Å². The largest absolute Gasteiger partial charge is 0.496 e. The maximum atomic E-state index is 12.9. The van der Waals surface area contributed by atoms with Crippen molar-refractivity contribution in [3.63, 3.8) is 0 Å². The van der Waals surface area contributed by atoms with Crippen molar-refractivity contribution < 1.29 is 17.9 Å². The average Bonchev–Trinajstić information content (AvgIpc) is 2.85. The smallest absolute Gasteiger partial charge is 0.261 e. The van der Waals surface area contributed by atoms with Crippen molar-refractivity contribution in [1.29, 1.82) is 0 Å². The molecule has 0 saturated heterocycles. The molecule has 0 unspecified atom stereocenters. The number of aromatic nitrogens is 2. The molecule has 4 aromatic rings. The van der Waals surface area contributed by atoms with Crippen molar-refractivity contribution in [1.82, 2.24) is 9.97 Å². The molecule has 4 rings (SSSR count). The van der Waals surface area contributed by atoms with Crippen LogP contribution in [0.1, 0.15) is 21.6 Å². The second kappa shape index (κ2) is 10.5. The molecule has 0 spiro atoms. The lowest BCUT2D eigenvalue weighted by Crippen LogP contribution is -2.16. The van der Waals surface area contributed by atoms with Crippen molar-refractivity contribution in [2.75, 3.05) is 22.5 Å². The van der Waals surface area contributed by atoms with Gasteiger partial charge in [-0.2, -0.15) is 4.98 Å². The fraction of sp³-hybridized carbons (Fsp3) is 0.115. The van der Waals surface area contributed by atoms with Crippen molar-refractivity contribution in [2.24, 2.45) is 5.73 Å². The first kappa shape index (κ1) is 25.5. The molecule has 0 bridgehead atoms. The van der Waals surface area contributed by atoms with E-state index >= 15 is 0 Å². The number of amides is 1. The summed E-state index contributed by atoms with van der Waals surface area (Å²) in [6.45, 7) is 3.89. The van der Waals surface area contributed by atoms with Crippen LogP contribution in [-0.4, -0.2) is 31.4 Å². The Morgan fingerprint density at radius 3 is 2.11 bits per heavy atom. The molecule has 0 fully saturated rings. The summed E-state index contributed by atoms with van der Waals surface area (Å²) in [5.74, 6) is 0.429. The third-order valence-corrected chi connectivity index (χ3v) is 6.70. The molecule has 0 aliphatic heterocycles. The number of carbonyl (C=O) groups is 1. The molecule has 0 aliphatic carbocycles. The summed E-state index contributed by atoms with van der Waals surface area (Å²) in [5.41, 5.74) is 9.15. The Hall–Kier alpha value is -4.64. The zero-order valence-corrected chi connectivity index (χ0v) is 21.3. The zero-order valence-electron chi connectivity index (χ0n) is 20.4. The number of ether oxygens (including phenoxy) is 1. The van der Waals surface area contributed by atoms with Crippen molar-refractivity contribution in [3.8, 4) is 5.75 Å². The number of benzene rings is 3. The van der Waals surface area contributed by atoms with Crippen LogP contribution in [0.4, 0.5) is 28.8 Å². The Kier molecular flexibility index (Phi) is 7.25. The van der Waals surface area contributed by atoms with Crippen LogP contribution in [0.5, 0.6) is 5.75 Å². The Morgan fingerprint density at radius 2 is 1.46 bits per heavy atom. The monoisotopic (exact) mass is 518 g/mol. The fourth-order valence-corrected chi connectivity index (χ4v) is 4.57. The number of aryl methyl sites for hydroxylation is 2.